The standard InChI is InChI=1S/C24H27F3N2O5/c1-14(2)15-4-6-17(7-5-15)29-22(30,31)20(3)13-21(20)12-19(21)28(24(29,32)33)16-8-10-18(11-9-16)34-23(25,26)27/h4-11,14,19,30-33H,12-13H2,1-3H3. The first-order valence-corrected chi connectivity index (χ1v) is 11.1. The maximum absolute atomic E-state index is 12.6. The molecule has 34 heavy (non-hydrogen) atoms. The second-order valence-electron chi connectivity index (χ2n) is 10.1. The Morgan fingerprint density at radius 3 is 2.03 bits per heavy atom. The van der Waals surface area contributed by atoms with Crippen molar-refractivity contribution in [3.05, 3.63) is 54.1 Å². The number of halogens is 3. The van der Waals surface area contributed by atoms with Gasteiger partial charge in [0, 0.05) is 22.8 Å². The van der Waals surface area contributed by atoms with Gasteiger partial charge < -0.3 is 25.2 Å². The number of aliphatic hydroxyl groups is 4. The topological polar surface area (TPSA) is 96.6 Å². The van der Waals surface area contributed by atoms with Gasteiger partial charge in [0.1, 0.15) is 5.75 Å². The summed E-state index contributed by atoms with van der Waals surface area (Å²) in [5.74, 6) is -2.85. The summed E-state index contributed by atoms with van der Waals surface area (Å²) in [6, 6.07) is 8.10. The normalized spacial score (nSPS) is 31.0. The number of rotatable bonds is 4. The van der Waals surface area contributed by atoms with Crippen LogP contribution in [-0.4, -0.2) is 44.8 Å². The molecule has 1 spiro atoms. The van der Waals surface area contributed by atoms with Crippen molar-refractivity contribution in [2.24, 2.45) is 10.8 Å². The number of nitrogens with zero attached hydrogens (tertiary/aromatic N) is 2. The Balaban J connectivity index is 1.59. The van der Waals surface area contributed by atoms with Crippen molar-refractivity contribution in [1.82, 2.24) is 0 Å². The lowest BCUT2D eigenvalue weighted by molar-refractivity contribution is -0.275. The summed E-state index contributed by atoms with van der Waals surface area (Å²) in [5.41, 5.74) is -0.258. The van der Waals surface area contributed by atoms with Crippen LogP contribution in [0.2, 0.25) is 0 Å². The Hall–Kier alpha value is -2.53. The molecule has 2 aliphatic carbocycles. The molecule has 2 aromatic carbocycles. The summed E-state index contributed by atoms with van der Waals surface area (Å²) in [6.07, 6.45) is -3.93. The fourth-order valence-electron chi connectivity index (χ4n) is 5.74. The van der Waals surface area contributed by atoms with E-state index in [1.54, 1.807) is 31.2 Å². The lowest BCUT2D eigenvalue weighted by atomic mass is 9.97. The first-order chi connectivity index (χ1) is 15.6. The first-order valence-electron chi connectivity index (χ1n) is 11.1. The molecule has 3 aliphatic rings. The van der Waals surface area contributed by atoms with Crippen LogP contribution in [0.15, 0.2) is 48.5 Å². The van der Waals surface area contributed by atoms with E-state index in [0.29, 0.717) is 12.8 Å². The van der Waals surface area contributed by atoms with E-state index in [4.69, 9.17) is 0 Å². The molecule has 2 saturated carbocycles. The molecular formula is C24H27F3N2O5. The number of benzene rings is 2. The Kier molecular flexibility index (Phi) is 4.63. The minimum atomic E-state index is -4.86. The Morgan fingerprint density at radius 1 is 0.941 bits per heavy atom. The fourth-order valence-corrected chi connectivity index (χ4v) is 5.74. The van der Waals surface area contributed by atoms with Crippen LogP contribution in [0, 0.1) is 10.8 Å². The van der Waals surface area contributed by atoms with Crippen LogP contribution < -0.4 is 14.5 Å². The van der Waals surface area contributed by atoms with E-state index in [1.165, 1.54) is 17.0 Å². The highest BCUT2D eigenvalue weighted by Gasteiger charge is 2.89. The summed E-state index contributed by atoms with van der Waals surface area (Å²) >= 11 is 0. The number of ether oxygens (including phenoxy) is 1. The van der Waals surface area contributed by atoms with E-state index in [0.717, 1.165) is 22.6 Å². The zero-order chi connectivity index (χ0) is 24.9. The number of hydrogen-bond donors (Lipinski definition) is 4. The van der Waals surface area contributed by atoms with Crippen molar-refractivity contribution < 1.29 is 38.3 Å². The zero-order valence-corrected chi connectivity index (χ0v) is 18.9. The second kappa shape index (κ2) is 6.78. The van der Waals surface area contributed by atoms with Crippen LogP contribution in [0.3, 0.4) is 0 Å². The van der Waals surface area contributed by atoms with Gasteiger partial charge in [0.2, 0.25) is 0 Å². The summed E-state index contributed by atoms with van der Waals surface area (Å²) in [7, 11) is 0. The maximum atomic E-state index is 12.6. The van der Waals surface area contributed by atoms with Crippen molar-refractivity contribution >= 4 is 11.4 Å². The van der Waals surface area contributed by atoms with Crippen molar-refractivity contribution in [2.75, 3.05) is 9.80 Å². The van der Waals surface area contributed by atoms with Gasteiger partial charge in [0.05, 0.1) is 5.41 Å². The van der Waals surface area contributed by atoms with Crippen LogP contribution in [0.4, 0.5) is 24.5 Å². The number of alkyl halides is 3. The fraction of sp³-hybridized carbons (Fsp3) is 0.500. The Bertz CT molecular complexity index is 1100. The van der Waals surface area contributed by atoms with E-state index in [9.17, 15) is 33.6 Å². The predicted octanol–water partition coefficient (Wildman–Crippen LogP) is 3.44. The molecule has 3 unspecified atom stereocenters. The van der Waals surface area contributed by atoms with Crippen LogP contribution in [0.25, 0.3) is 0 Å². The van der Waals surface area contributed by atoms with Crippen LogP contribution >= 0.6 is 0 Å². The van der Waals surface area contributed by atoms with E-state index >= 15 is 0 Å². The van der Waals surface area contributed by atoms with Crippen LogP contribution in [0.1, 0.15) is 45.1 Å². The van der Waals surface area contributed by atoms with E-state index in [1.807, 2.05) is 13.8 Å². The monoisotopic (exact) mass is 480 g/mol. The van der Waals surface area contributed by atoms with Gasteiger partial charge in [-0.15, -0.1) is 13.2 Å². The maximum Gasteiger partial charge on any atom is 0.573 e. The molecule has 3 fully saturated rings. The van der Waals surface area contributed by atoms with E-state index < -0.39 is 40.9 Å². The lowest BCUT2D eigenvalue weighted by Gasteiger charge is -2.50. The predicted molar refractivity (Wildman–Crippen MR) is 117 cm³/mol. The molecule has 0 bridgehead atoms. The van der Waals surface area contributed by atoms with Gasteiger partial charge in [-0.1, -0.05) is 32.9 Å². The molecule has 1 saturated heterocycles. The minimum absolute atomic E-state index is 0.172. The van der Waals surface area contributed by atoms with Crippen molar-refractivity contribution in [1.29, 1.82) is 0 Å². The minimum Gasteiger partial charge on any atom is -0.406 e. The van der Waals surface area contributed by atoms with Gasteiger partial charge in [-0.05, 0) is 60.7 Å². The third-order valence-corrected chi connectivity index (χ3v) is 7.83. The quantitative estimate of drug-likeness (QED) is 0.498. The van der Waals surface area contributed by atoms with Gasteiger partial charge in [0.15, 0.2) is 0 Å². The van der Waals surface area contributed by atoms with Gasteiger partial charge >= 0.3 is 12.4 Å². The van der Waals surface area contributed by atoms with Gasteiger partial charge in [-0.25, -0.2) is 4.90 Å². The summed E-state index contributed by atoms with van der Waals surface area (Å²) in [4.78, 5) is 2.01. The molecule has 3 atom stereocenters. The number of anilines is 2. The lowest BCUT2D eigenvalue weighted by Crippen LogP contribution is -2.71. The molecule has 1 heterocycles. The zero-order valence-electron chi connectivity index (χ0n) is 18.9. The third-order valence-electron chi connectivity index (χ3n) is 7.83. The molecule has 2 aromatic rings. The summed E-state index contributed by atoms with van der Waals surface area (Å²) < 4.78 is 41.6. The average Bonchev–Trinajstić information content (AvgIpc) is 3.57. The highest BCUT2D eigenvalue weighted by Crippen LogP contribution is 2.84. The second-order valence-corrected chi connectivity index (χ2v) is 10.1. The molecule has 184 valence electrons. The van der Waals surface area contributed by atoms with Crippen molar-refractivity contribution in [3.63, 3.8) is 0 Å². The molecule has 4 N–H and O–H groups in total. The molecule has 7 nitrogen and oxygen atoms in total. The van der Waals surface area contributed by atoms with Crippen LogP contribution in [0.5, 0.6) is 5.75 Å². The number of hydrogen-bond acceptors (Lipinski definition) is 7. The molecule has 5 rings (SSSR count). The first kappa shape index (κ1) is 23.2. The molecule has 0 aromatic heterocycles. The Labute approximate surface area is 194 Å². The highest BCUT2D eigenvalue weighted by molar-refractivity contribution is 5.63. The van der Waals surface area contributed by atoms with Gasteiger partial charge in [-0.2, -0.15) is 0 Å². The largest absolute Gasteiger partial charge is 0.573 e. The smallest absolute Gasteiger partial charge is 0.406 e. The molecule has 0 radical (unpaired) electrons. The summed E-state index contributed by atoms with van der Waals surface area (Å²) in [6.45, 7) is 5.70. The Morgan fingerprint density at radius 2 is 1.50 bits per heavy atom. The van der Waals surface area contributed by atoms with Crippen molar-refractivity contribution in [2.45, 2.75) is 63.9 Å². The molecule has 0 amide bonds. The van der Waals surface area contributed by atoms with Crippen molar-refractivity contribution in [3.8, 4) is 5.75 Å². The van der Waals surface area contributed by atoms with Gasteiger partial charge in [-0.3, -0.25) is 4.90 Å². The van der Waals surface area contributed by atoms with E-state index in [2.05, 4.69) is 4.74 Å². The SMILES string of the molecule is CC(C)c1ccc(N2C(O)(O)N(c3ccc(OC(F)(F)F)cc3)C3CC34CC4(C)C2(O)O)cc1. The third kappa shape index (κ3) is 3.12. The van der Waals surface area contributed by atoms with E-state index in [-0.39, 0.29) is 17.3 Å². The summed E-state index contributed by atoms with van der Waals surface area (Å²) in [5, 5.41) is 45.7. The highest BCUT2D eigenvalue weighted by atomic mass is 19.4. The van der Waals surface area contributed by atoms with Gasteiger partial charge in [0.25, 0.3) is 5.91 Å². The molecule has 10 heteroatoms. The molecular weight excluding hydrogens is 453 g/mol. The average molecular weight is 480 g/mol. The van der Waals surface area contributed by atoms with Crippen LogP contribution in [-0.2, 0) is 0 Å². The molecule has 1 aliphatic heterocycles.